The standard InChI is InChI=1S/C12H24N6.2HI/c1-2-6-14-11(13-5-1)17-9-10-18-12-15-7-3-4-8-16-12;;/h1-10H2,(H2,13,14,17)(H2,15,16,18);2*1H. The molecular weight excluding hydrogens is 482 g/mol. The average Bonchev–Trinajstić information content (AvgIpc) is 2.79. The lowest BCUT2D eigenvalue weighted by Crippen LogP contribution is -2.44. The first kappa shape index (κ1) is 20.0. The lowest BCUT2D eigenvalue weighted by atomic mass is 10.3. The van der Waals surface area contributed by atoms with E-state index < -0.39 is 0 Å². The molecule has 0 aromatic heterocycles. The summed E-state index contributed by atoms with van der Waals surface area (Å²) in [6, 6.07) is 0. The van der Waals surface area contributed by atoms with E-state index in [4.69, 9.17) is 0 Å². The first-order valence-electron chi connectivity index (χ1n) is 6.99. The van der Waals surface area contributed by atoms with Crippen LogP contribution in [0.2, 0.25) is 0 Å². The second-order valence-electron chi connectivity index (χ2n) is 4.58. The van der Waals surface area contributed by atoms with Gasteiger partial charge in [-0.15, -0.1) is 48.0 Å². The van der Waals surface area contributed by atoms with Gasteiger partial charge in [-0.3, -0.25) is 9.98 Å². The molecule has 2 aliphatic rings. The smallest absolute Gasteiger partial charge is 0.191 e. The van der Waals surface area contributed by atoms with Crippen LogP contribution < -0.4 is 21.3 Å². The van der Waals surface area contributed by atoms with E-state index in [0.29, 0.717) is 0 Å². The van der Waals surface area contributed by atoms with Crippen molar-refractivity contribution >= 4 is 59.9 Å². The van der Waals surface area contributed by atoms with Gasteiger partial charge in [0.05, 0.1) is 0 Å². The van der Waals surface area contributed by atoms with Crippen LogP contribution in [0, 0.1) is 0 Å². The molecule has 2 heterocycles. The Hall–Kier alpha value is 0. The van der Waals surface area contributed by atoms with Crippen molar-refractivity contribution in [1.82, 2.24) is 21.3 Å². The molecule has 0 aliphatic carbocycles. The third-order valence-electron chi connectivity index (χ3n) is 3.00. The van der Waals surface area contributed by atoms with Crippen LogP contribution in [0.4, 0.5) is 0 Å². The second-order valence-corrected chi connectivity index (χ2v) is 4.58. The van der Waals surface area contributed by atoms with Crippen LogP contribution >= 0.6 is 48.0 Å². The summed E-state index contributed by atoms with van der Waals surface area (Å²) >= 11 is 0. The molecule has 0 saturated heterocycles. The number of guanidine groups is 2. The van der Waals surface area contributed by atoms with Crippen LogP contribution in [-0.4, -0.2) is 51.2 Å². The maximum atomic E-state index is 4.44. The summed E-state index contributed by atoms with van der Waals surface area (Å²) < 4.78 is 0. The minimum atomic E-state index is 0. The largest absolute Gasteiger partial charge is 0.356 e. The molecule has 0 unspecified atom stereocenters. The Balaban J connectivity index is 0.00000180. The van der Waals surface area contributed by atoms with Crippen LogP contribution in [0.15, 0.2) is 9.98 Å². The van der Waals surface area contributed by atoms with E-state index in [-0.39, 0.29) is 48.0 Å². The first-order chi connectivity index (χ1) is 8.95. The fourth-order valence-corrected chi connectivity index (χ4v) is 1.98. The van der Waals surface area contributed by atoms with Crippen molar-refractivity contribution < 1.29 is 0 Å². The van der Waals surface area contributed by atoms with E-state index in [1.807, 2.05) is 0 Å². The van der Waals surface area contributed by atoms with Gasteiger partial charge in [0.1, 0.15) is 0 Å². The Morgan fingerprint density at radius 2 is 1.20 bits per heavy atom. The van der Waals surface area contributed by atoms with E-state index >= 15 is 0 Å². The van der Waals surface area contributed by atoms with Crippen molar-refractivity contribution in [2.45, 2.75) is 25.7 Å². The maximum absolute atomic E-state index is 4.44. The zero-order valence-electron chi connectivity index (χ0n) is 11.8. The third-order valence-corrected chi connectivity index (χ3v) is 3.00. The van der Waals surface area contributed by atoms with Crippen LogP contribution in [-0.2, 0) is 0 Å². The maximum Gasteiger partial charge on any atom is 0.191 e. The van der Waals surface area contributed by atoms with Gasteiger partial charge in [-0.2, -0.15) is 0 Å². The normalized spacial score (nSPS) is 18.4. The Bertz CT molecular complexity index is 278. The van der Waals surface area contributed by atoms with Crippen molar-refractivity contribution in [1.29, 1.82) is 0 Å². The van der Waals surface area contributed by atoms with Gasteiger partial charge in [-0.25, -0.2) is 0 Å². The molecule has 0 bridgehead atoms. The van der Waals surface area contributed by atoms with E-state index in [9.17, 15) is 0 Å². The predicted molar refractivity (Wildman–Crippen MR) is 106 cm³/mol. The molecule has 118 valence electrons. The second kappa shape index (κ2) is 12.7. The summed E-state index contributed by atoms with van der Waals surface area (Å²) in [5.74, 6) is 1.87. The van der Waals surface area contributed by atoms with Crippen LogP contribution in [0.1, 0.15) is 25.7 Å². The molecule has 0 aromatic carbocycles. The van der Waals surface area contributed by atoms with Gasteiger partial charge in [-0.1, -0.05) is 0 Å². The molecule has 0 aromatic rings. The molecule has 2 aliphatic heterocycles. The zero-order chi connectivity index (χ0) is 12.5. The molecule has 0 saturated carbocycles. The Labute approximate surface area is 155 Å². The lowest BCUT2D eigenvalue weighted by Gasteiger charge is -2.12. The quantitative estimate of drug-likeness (QED) is 0.338. The van der Waals surface area contributed by atoms with Gasteiger partial charge >= 0.3 is 0 Å². The van der Waals surface area contributed by atoms with Gasteiger partial charge in [0.2, 0.25) is 0 Å². The highest BCUT2D eigenvalue weighted by atomic mass is 127. The fraction of sp³-hybridized carbons (Fsp3) is 0.833. The van der Waals surface area contributed by atoms with Crippen molar-refractivity contribution in [3.8, 4) is 0 Å². The number of aliphatic imine (C=N–C) groups is 2. The highest BCUT2D eigenvalue weighted by Gasteiger charge is 2.03. The van der Waals surface area contributed by atoms with E-state index in [1.165, 1.54) is 25.7 Å². The molecule has 0 radical (unpaired) electrons. The van der Waals surface area contributed by atoms with E-state index in [2.05, 4.69) is 31.3 Å². The number of nitrogens with one attached hydrogen (secondary N) is 4. The van der Waals surface area contributed by atoms with Gasteiger partial charge in [-0.05, 0) is 25.7 Å². The molecule has 20 heavy (non-hydrogen) atoms. The van der Waals surface area contributed by atoms with Crippen LogP contribution in [0.25, 0.3) is 0 Å². The van der Waals surface area contributed by atoms with Crippen molar-refractivity contribution in [3.05, 3.63) is 0 Å². The fourth-order valence-electron chi connectivity index (χ4n) is 1.98. The molecule has 0 fully saturated rings. The number of hydrogen-bond acceptors (Lipinski definition) is 6. The van der Waals surface area contributed by atoms with Gasteiger partial charge < -0.3 is 21.3 Å². The molecule has 6 nitrogen and oxygen atoms in total. The predicted octanol–water partition coefficient (Wildman–Crippen LogP) is 0.880. The van der Waals surface area contributed by atoms with Crippen molar-refractivity contribution in [2.24, 2.45) is 9.98 Å². The number of nitrogens with zero attached hydrogens (tertiary/aromatic N) is 2. The van der Waals surface area contributed by atoms with Crippen molar-refractivity contribution in [2.75, 3.05) is 39.3 Å². The molecule has 4 N–H and O–H groups in total. The summed E-state index contributed by atoms with van der Waals surface area (Å²) in [6.45, 7) is 5.61. The molecular formula is C12H26I2N6. The highest BCUT2D eigenvalue weighted by Crippen LogP contribution is 1.93. The summed E-state index contributed by atoms with van der Waals surface area (Å²) in [5.41, 5.74) is 0. The van der Waals surface area contributed by atoms with Gasteiger partial charge in [0, 0.05) is 39.3 Å². The lowest BCUT2D eigenvalue weighted by molar-refractivity contribution is 0.728. The zero-order valence-corrected chi connectivity index (χ0v) is 16.4. The SMILES string of the molecule is C1CCNC(NCCNC2=NCCCCN2)=NC1.I.I. The third kappa shape index (κ3) is 8.32. The van der Waals surface area contributed by atoms with E-state index in [0.717, 1.165) is 51.2 Å². The van der Waals surface area contributed by atoms with Crippen LogP contribution in [0.3, 0.4) is 0 Å². The summed E-state index contributed by atoms with van der Waals surface area (Å²) in [6.07, 6.45) is 4.76. The Morgan fingerprint density at radius 1 is 0.750 bits per heavy atom. The summed E-state index contributed by atoms with van der Waals surface area (Å²) in [7, 11) is 0. The van der Waals surface area contributed by atoms with Crippen LogP contribution in [0.5, 0.6) is 0 Å². The number of halogens is 2. The molecule has 0 spiro atoms. The van der Waals surface area contributed by atoms with Gasteiger partial charge in [0.15, 0.2) is 11.9 Å². The minimum Gasteiger partial charge on any atom is -0.356 e. The Morgan fingerprint density at radius 3 is 1.65 bits per heavy atom. The summed E-state index contributed by atoms with van der Waals surface area (Å²) in [5, 5.41) is 13.2. The van der Waals surface area contributed by atoms with E-state index in [1.54, 1.807) is 0 Å². The number of hydrogen-bond donors (Lipinski definition) is 4. The molecule has 0 atom stereocenters. The van der Waals surface area contributed by atoms with Crippen molar-refractivity contribution in [3.63, 3.8) is 0 Å². The number of rotatable bonds is 3. The average molecular weight is 508 g/mol. The van der Waals surface area contributed by atoms with Gasteiger partial charge in [0.25, 0.3) is 0 Å². The molecule has 0 amide bonds. The summed E-state index contributed by atoms with van der Waals surface area (Å²) in [4.78, 5) is 8.89. The highest BCUT2D eigenvalue weighted by molar-refractivity contribution is 14.0. The Kier molecular flexibility index (Phi) is 12.7. The molecule has 8 heteroatoms. The minimum absolute atomic E-state index is 0. The molecule has 2 rings (SSSR count). The monoisotopic (exact) mass is 508 g/mol. The first-order valence-corrected chi connectivity index (χ1v) is 6.99. The topological polar surface area (TPSA) is 72.8 Å².